The average molecular weight is 225 g/mol. The van der Waals surface area contributed by atoms with E-state index in [2.05, 4.69) is 5.32 Å². The summed E-state index contributed by atoms with van der Waals surface area (Å²) in [4.78, 5) is 11.7. The highest BCUT2D eigenvalue weighted by Gasteiger charge is 2.40. The highest BCUT2D eigenvalue weighted by Crippen LogP contribution is 2.38. The fourth-order valence-corrected chi connectivity index (χ4v) is 3.09. The first-order valence-electron chi connectivity index (χ1n) is 6.41. The van der Waals surface area contributed by atoms with Crippen LogP contribution in [0.25, 0.3) is 0 Å². The van der Waals surface area contributed by atoms with Crippen molar-refractivity contribution < 1.29 is 9.53 Å². The van der Waals surface area contributed by atoms with E-state index in [0.29, 0.717) is 18.4 Å². The van der Waals surface area contributed by atoms with Crippen molar-refractivity contribution in [2.45, 2.75) is 58.1 Å². The van der Waals surface area contributed by atoms with Crippen molar-refractivity contribution in [1.82, 2.24) is 5.32 Å². The summed E-state index contributed by atoms with van der Waals surface area (Å²) in [5.74, 6) is 1.47. The highest BCUT2D eigenvalue weighted by atomic mass is 16.6. The van der Waals surface area contributed by atoms with E-state index in [0.717, 1.165) is 12.5 Å². The van der Waals surface area contributed by atoms with Gasteiger partial charge in [-0.2, -0.15) is 0 Å². The van der Waals surface area contributed by atoms with Crippen LogP contribution in [0.5, 0.6) is 0 Å². The van der Waals surface area contributed by atoms with E-state index in [1.165, 1.54) is 19.3 Å². The summed E-state index contributed by atoms with van der Waals surface area (Å²) in [5, 5.41) is 3.47. The van der Waals surface area contributed by atoms with Crippen molar-refractivity contribution in [2.75, 3.05) is 6.54 Å². The number of hydrogen-bond donors (Lipinski definition) is 1. The Hall–Kier alpha value is -0.570. The lowest BCUT2D eigenvalue weighted by atomic mass is 9.92. The molecule has 92 valence electrons. The maximum Gasteiger partial charge on any atom is 0.307 e. The van der Waals surface area contributed by atoms with Crippen LogP contribution in [-0.4, -0.2) is 24.2 Å². The van der Waals surface area contributed by atoms with E-state index in [9.17, 15) is 4.79 Å². The molecule has 0 aromatic heterocycles. The molecule has 1 saturated carbocycles. The predicted octanol–water partition coefficient (Wildman–Crippen LogP) is 2.11. The zero-order valence-corrected chi connectivity index (χ0v) is 10.6. The van der Waals surface area contributed by atoms with Crippen LogP contribution in [0.1, 0.15) is 46.5 Å². The molecule has 16 heavy (non-hydrogen) atoms. The molecule has 3 atom stereocenters. The van der Waals surface area contributed by atoms with Crippen LogP contribution in [0.2, 0.25) is 0 Å². The van der Waals surface area contributed by atoms with Crippen LogP contribution < -0.4 is 5.32 Å². The minimum atomic E-state index is -0.356. The summed E-state index contributed by atoms with van der Waals surface area (Å²) in [6.45, 7) is 6.86. The Morgan fingerprint density at radius 3 is 2.81 bits per heavy atom. The molecule has 1 saturated heterocycles. The molecule has 0 amide bonds. The molecule has 2 aliphatic rings. The maximum atomic E-state index is 11.7. The molecule has 0 aromatic rings. The molecule has 2 rings (SSSR count). The molecule has 0 bridgehead atoms. The topological polar surface area (TPSA) is 38.3 Å². The van der Waals surface area contributed by atoms with Gasteiger partial charge in [0.25, 0.3) is 0 Å². The minimum Gasteiger partial charge on any atom is -0.460 e. The minimum absolute atomic E-state index is 0.0578. The Kier molecular flexibility index (Phi) is 3.24. The SMILES string of the molecule is CC(C)(C)OC(=O)C[C@H]1NC[C@H]2CCC[C@H]21. The smallest absolute Gasteiger partial charge is 0.307 e. The Bertz CT molecular complexity index is 270. The van der Waals surface area contributed by atoms with Gasteiger partial charge in [-0.05, 0) is 52.0 Å². The summed E-state index contributed by atoms with van der Waals surface area (Å²) in [6.07, 6.45) is 4.49. The van der Waals surface area contributed by atoms with Crippen molar-refractivity contribution in [2.24, 2.45) is 11.8 Å². The van der Waals surface area contributed by atoms with Gasteiger partial charge < -0.3 is 10.1 Å². The molecule has 0 unspecified atom stereocenters. The van der Waals surface area contributed by atoms with Crippen LogP contribution in [0, 0.1) is 11.8 Å². The first-order chi connectivity index (χ1) is 7.46. The molecular weight excluding hydrogens is 202 g/mol. The number of esters is 1. The Morgan fingerprint density at radius 1 is 1.38 bits per heavy atom. The summed E-state index contributed by atoms with van der Waals surface area (Å²) >= 11 is 0. The number of hydrogen-bond acceptors (Lipinski definition) is 3. The molecule has 2 fully saturated rings. The fourth-order valence-electron chi connectivity index (χ4n) is 3.09. The standard InChI is InChI=1S/C13H23NO2/c1-13(2,3)16-12(15)7-11-10-6-4-5-9(10)8-14-11/h9-11,14H,4-8H2,1-3H3/t9-,10-,11-/m1/s1. The van der Waals surface area contributed by atoms with E-state index in [1.54, 1.807) is 0 Å². The van der Waals surface area contributed by atoms with Crippen LogP contribution in [0.15, 0.2) is 0 Å². The van der Waals surface area contributed by atoms with E-state index in [-0.39, 0.29) is 11.6 Å². The van der Waals surface area contributed by atoms with Gasteiger partial charge in [0.1, 0.15) is 5.60 Å². The first-order valence-corrected chi connectivity index (χ1v) is 6.41. The quantitative estimate of drug-likeness (QED) is 0.731. The van der Waals surface area contributed by atoms with Gasteiger partial charge in [0.05, 0.1) is 6.42 Å². The average Bonchev–Trinajstić information content (AvgIpc) is 2.66. The van der Waals surface area contributed by atoms with Crippen LogP contribution in [0.4, 0.5) is 0 Å². The van der Waals surface area contributed by atoms with E-state index < -0.39 is 0 Å². The molecule has 1 aliphatic carbocycles. The van der Waals surface area contributed by atoms with Gasteiger partial charge in [-0.25, -0.2) is 0 Å². The molecule has 0 radical (unpaired) electrons. The third-order valence-electron chi connectivity index (χ3n) is 3.68. The van der Waals surface area contributed by atoms with Gasteiger partial charge in [0.15, 0.2) is 0 Å². The number of ether oxygens (including phenoxy) is 1. The summed E-state index contributed by atoms with van der Waals surface area (Å²) in [5.41, 5.74) is -0.356. The van der Waals surface area contributed by atoms with Crippen molar-refractivity contribution >= 4 is 5.97 Å². The third-order valence-corrected chi connectivity index (χ3v) is 3.68. The molecular formula is C13H23NO2. The molecule has 1 aliphatic heterocycles. The molecule has 3 nitrogen and oxygen atoms in total. The fraction of sp³-hybridized carbons (Fsp3) is 0.923. The second-order valence-electron chi connectivity index (χ2n) is 6.16. The largest absolute Gasteiger partial charge is 0.460 e. The number of carbonyl (C=O) groups excluding carboxylic acids is 1. The second kappa shape index (κ2) is 4.36. The molecule has 0 aromatic carbocycles. The zero-order chi connectivity index (χ0) is 11.8. The summed E-state index contributed by atoms with van der Waals surface area (Å²) in [7, 11) is 0. The number of carbonyl (C=O) groups is 1. The molecule has 1 heterocycles. The van der Waals surface area contributed by atoms with Gasteiger partial charge in [0, 0.05) is 6.04 Å². The van der Waals surface area contributed by atoms with Crippen molar-refractivity contribution in [3.63, 3.8) is 0 Å². The lowest BCUT2D eigenvalue weighted by Crippen LogP contribution is -2.33. The maximum absolute atomic E-state index is 11.7. The van der Waals surface area contributed by atoms with E-state index >= 15 is 0 Å². The van der Waals surface area contributed by atoms with Gasteiger partial charge >= 0.3 is 5.97 Å². The van der Waals surface area contributed by atoms with Crippen molar-refractivity contribution in [3.8, 4) is 0 Å². The monoisotopic (exact) mass is 225 g/mol. The van der Waals surface area contributed by atoms with E-state index in [4.69, 9.17) is 4.74 Å². The zero-order valence-electron chi connectivity index (χ0n) is 10.6. The molecule has 1 N–H and O–H groups in total. The lowest BCUT2D eigenvalue weighted by Gasteiger charge is -2.22. The second-order valence-corrected chi connectivity index (χ2v) is 6.16. The van der Waals surface area contributed by atoms with Crippen LogP contribution in [-0.2, 0) is 9.53 Å². The number of nitrogens with one attached hydrogen (secondary N) is 1. The third kappa shape index (κ3) is 2.76. The van der Waals surface area contributed by atoms with Gasteiger partial charge in [-0.1, -0.05) is 6.42 Å². The molecule has 3 heteroatoms. The predicted molar refractivity (Wildman–Crippen MR) is 63.1 cm³/mol. The Morgan fingerprint density at radius 2 is 2.12 bits per heavy atom. The number of fused-ring (bicyclic) bond motifs is 1. The first kappa shape index (κ1) is 11.9. The highest BCUT2D eigenvalue weighted by molar-refractivity contribution is 5.70. The summed E-state index contributed by atoms with van der Waals surface area (Å²) in [6, 6.07) is 0.363. The van der Waals surface area contributed by atoms with Gasteiger partial charge in [0.2, 0.25) is 0 Å². The van der Waals surface area contributed by atoms with Gasteiger partial charge in [-0.3, -0.25) is 4.79 Å². The van der Waals surface area contributed by atoms with E-state index in [1.807, 2.05) is 20.8 Å². The Labute approximate surface area is 97.9 Å². The van der Waals surface area contributed by atoms with Gasteiger partial charge in [-0.15, -0.1) is 0 Å². The lowest BCUT2D eigenvalue weighted by molar-refractivity contribution is -0.155. The normalized spacial score (nSPS) is 33.8. The van der Waals surface area contributed by atoms with Crippen molar-refractivity contribution in [3.05, 3.63) is 0 Å². The van der Waals surface area contributed by atoms with Crippen LogP contribution >= 0.6 is 0 Å². The van der Waals surface area contributed by atoms with Crippen molar-refractivity contribution in [1.29, 1.82) is 0 Å². The number of rotatable bonds is 2. The molecule has 0 spiro atoms. The van der Waals surface area contributed by atoms with Crippen LogP contribution in [0.3, 0.4) is 0 Å². The Balaban J connectivity index is 1.83. The summed E-state index contributed by atoms with van der Waals surface area (Å²) < 4.78 is 5.37.